The minimum absolute atomic E-state index is 0.125. The minimum atomic E-state index is -0.227. The molecule has 2 amide bonds. The van der Waals surface area contributed by atoms with E-state index in [1.165, 1.54) is 16.9 Å². The SMILES string of the molecule is Cc1nnc(NC(=O)CCC(=O)NCCc2ccccc2)s1. The van der Waals surface area contributed by atoms with Gasteiger partial charge in [0.15, 0.2) is 0 Å². The Morgan fingerprint density at radius 3 is 2.50 bits per heavy atom. The molecule has 0 aliphatic heterocycles. The maximum Gasteiger partial charge on any atom is 0.226 e. The fourth-order valence-electron chi connectivity index (χ4n) is 1.84. The molecule has 1 heterocycles. The van der Waals surface area contributed by atoms with Gasteiger partial charge in [-0.15, -0.1) is 10.2 Å². The van der Waals surface area contributed by atoms with Gasteiger partial charge in [-0.1, -0.05) is 41.7 Å². The van der Waals surface area contributed by atoms with Crippen LogP contribution in [0.4, 0.5) is 5.13 Å². The van der Waals surface area contributed by atoms with Gasteiger partial charge in [-0.2, -0.15) is 0 Å². The summed E-state index contributed by atoms with van der Waals surface area (Å²) in [5.74, 6) is -0.353. The molecule has 0 bridgehead atoms. The summed E-state index contributed by atoms with van der Waals surface area (Å²) in [6, 6.07) is 9.93. The number of amides is 2. The van der Waals surface area contributed by atoms with Crippen LogP contribution in [0.2, 0.25) is 0 Å². The second-order valence-corrected chi connectivity index (χ2v) is 5.94. The zero-order valence-electron chi connectivity index (χ0n) is 12.3. The van der Waals surface area contributed by atoms with E-state index >= 15 is 0 Å². The van der Waals surface area contributed by atoms with E-state index in [2.05, 4.69) is 20.8 Å². The molecule has 0 radical (unpaired) electrons. The van der Waals surface area contributed by atoms with Crippen molar-refractivity contribution in [3.63, 3.8) is 0 Å². The van der Waals surface area contributed by atoms with Crippen molar-refractivity contribution in [3.8, 4) is 0 Å². The molecule has 2 N–H and O–H groups in total. The summed E-state index contributed by atoms with van der Waals surface area (Å²) in [4.78, 5) is 23.3. The van der Waals surface area contributed by atoms with Gasteiger partial charge in [0.25, 0.3) is 0 Å². The highest BCUT2D eigenvalue weighted by atomic mass is 32.1. The molecule has 1 aromatic carbocycles. The Kier molecular flexibility index (Phi) is 6.02. The summed E-state index contributed by atoms with van der Waals surface area (Å²) < 4.78 is 0. The molecule has 116 valence electrons. The fraction of sp³-hybridized carbons (Fsp3) is 0.333. The van der Waals surface area contributed by atoms with Crippen LogP contribution in [0.1, 0.15) is 23.4 Å². The van der Waals surface area contributed by atoms with Crippen molar-refractivity contribution in [2.45, 2.75) is 26.2 Å². The molecule has 1 aromatic heterocycles. The lowest BCUT2D eigenvalue weighted by atomic mass is 10.1. The highest BCUT2D eigenvalue weighted by Gasteiger charge is 2.09. The van der Waals surface area contributed by atoms with E-state index in [0.717, 1.165) is 11.4 Å². The van der Waals surface area contributed by atoms with Crippen LogP contribution in [0.3, 0.4) is 0 Å². The van der Waals surface area contributed by atoms with Gasteiger partial charge in [-0.25, -0.2) is 0 Å². The molecule has 0 saturated carbocycles. The third kappa shape index (κ3) is 5.61. The first-order chi connectivity index (χ1) is 10.6. The van der Waals surface area contributed by atoms with Crippen LogP contribution in [-0.2, 0) is 16.0 Å². The third-order valence-electron chi connectivity index (χ3n) is 2.93. The minimum Gasteiger partial charge on any atom is -0.356 e. The fourth-order valence-corrected chi connectivity index (χ4v) is 2.44. The molecule has 0 unspecified atom stereocenters. The topological polar surface area (TPSA) is 84.0 Å². The second kappa shape index (κ2) is 8.23. The van der Waals surface area contributed by atoms with Crippen LogP contribution in [0.25, 0.3) is 0 Å². The van der Waals surface area contributed by atoms with Crippen LogP contribution in [0.5, 0.6) is 0 Å². The molecule has 2 rings (SSSR count). The molecule has 0 spiro atoms. The van der Waals surface area contributed by atoms with Gasteiger partial charge in [0.05, 0.1) is 0 Å². The van der Waals surface area contributed by atoms with Crippen molar-refractivity contribution in [1.29, 1.82) is 0 Å². The Balaban J connectivity index is 1.62. The Morgan fingerprint density at radius 1 is 1.09 bits per heavy atom. The maximum atomic E-state index is 11.7. The number of benzene rings is 1. The normalized spacial score (nSPS) is 10.2. The maximum absolute atomic E-state index is 11.7. The number of carbonyl (C=O) groups excluding carboxylic acids is 2. The van der Waals surface area contributed by atoms with Gasteiger partial charge < -0.3 is 10.6 Å². The second-order valence-electron chi connectivity index (χ2n) is 4.76. The van der Waals surface area contributed by atoms with Gasteiger partial charge in [-0.3, -0.25) is 9.59 Å². The van der Waals surface area contributed by atoms with Crippen LogP contribution in [-0.4, -0.2) is 28.6 Å². The predicted molar refractivity (Wildman–Crippen MR) is 85.7 cm³/mol. The molecule has 0 aliphatic carbocycles. The quantitative estimate of drug-likeness (QED) is 0.817. The van der Waals surface area contributed by atoms with E-state index in [0.29, 0.717) is 11.7 Å². The van der Waals surface area contributed by atoms with Gasteiger partial charge in [0.2, 0.25) is 16.9 Å². The zero-order valence-corrected chi connectivity index (χ0v) is 13.2. The van der Waals surface area contributed by atoms with E-state index < -0.39 is 0 Å². The zero-order chi connectivity index (χ0) is 15.8. The van der Waals surface area contributed by atoms with Crippen molar-refractivity contribution in [2.24, 2.45) is 0 Å². The Morgan fingerprint density at radius 2 is 1.82 bits per heavy atom. The number of anilines is 1. The van der Waals surface area contributed by atoms with Gasteiger partial charge in [0.1, 0.15) is 5.01 Å². The third-order valence-corrected chi connectivity index (χ3v) is 3.68. The van der Waals surface area contributed by atoms with Crippen LogP contribution >= 0.6 is 11.3 Å². The molecule has 0 aliphatic rings. The number of hydrogen-bond acceptors (Lipinski definition) is 5. The van der Waals surface area contributed by atoms with E-state index in [9.17, 15) is 9.59 Å². The number of aryl methyl sites for hydroxylation is 1. The molecule has 7 heteroatoms. The monoisotopic (exact) mass is 318 g/mol. The number of nitrogens with zero attached hydrogens (tertiary/aromatic N) is 2. The van der Waals surface area contributed by atoms with E-state index in [1.807, 2.05) is 37.3 Å². The number of hydrogen-bond donors (Lipinski definition) is 2. The Hall–Kier alpha value is -2.28. The first-order valence-corrected chi connectivity index (χ1v) is 7.86. The summed E-state index contributed by atoms with van der Waals surface area (Å²) in [5, 5.41) is 14.3. The van der Waals surface area contributed by atoms with Crippen LogP contribution in [0.15, 0.2) is 30.3 Å². The Labute approximate surface area is 133 Å². The van der Waals surface area contributed by atoms with Crippen LogP contribution in [0, 0.1) is 6.92 Å². The molecule has 0 atom stereocenters. The van der Waals surface area contributed by atoms with Crippen molar-refractivity contribution in [2.75, 3.05) is 11.9 Å². The standard InChI is InChI=1S/C15H18N4O2S/c1-11-18-19-15(22-11)17-14(21)8-7-13(20)16-10-9-12-5-3-2-4-6-12/h2-6H,7-10H2,1H3,(H,16,20)(H,17,19,21). The number of nitrogens with one attached hydrogen (secondary N) is 2. The first-order valence-electron chi connectivity index (χ1n) is 7.04. The van der Waals surface area contributed by atoms with Crippen molar-refractivity contribution >= 4 is 28.3 Å². The van der Waals surface area contributed by atoms with Crippen molar-refractivity contribution in [3.05, 3.63) is 40.9 Å². The summed E-state index contributed by atoms with van der Waals surface area (Å²) in [7, 11) is 0. The van der Waals surface area contributed by atoms with Gasteiger partial charge >= 0.3 is 0 Å². The van der Waals surface area contributed by atoms with E-state index in [-0.39, 0.29) is 24.7 Å². The molecular weight excluding hydrogens is 300 g/mol. The highest BCUT2D eigenvalue weighted by molar-refractivity contribution is 7.15. The summed E-state index contributed by atoms with van der Waals surface area (Å²) >= 11 is 1.31. The van der Waals surface area contributed by atoms with Crippen molar-refractivity contribution in [1.82, 2.24) is 15.5 Å². The molecule has 6 nitrogen and oxygen atoms in total. The molecule has 0 fully saturated rings. The summed E-state index contributed by atoms with van der Waals surface area (Å²) in [6.07, 6.45) is 1.08. The summed E-state index contributed by atoms with van der Waals surface area (Å²) in [6.45, 7) is 2.38. The van der Waals surface area contributed by atoms with E-state index in [1.54, 1.807) is 0 Å². The van der Waals surface area contributed by atoms with Gasteiger partial charge in [0, 0.05) is 19.4 Å². The average molecular weight is 318 g/mol. The predicted octanol–water partition coefficient (Wildman–Crippen LogP) is 1.92. The lowest BCUT2D eigenvalue weighted by Crippen LogP contribution is -2.26. The summed E-state index contributed by atoms with van der Waals surface area (Å²) in [5.41, 5.74) is 1.17. The smallest absolute Gasteiger partial charge is 0.226 e. The molecule has 0 saturated heterocycles. The molecule has 2 aromatic rings. The Bertz CT molecular complexity index is 627. The van der Waals surface area contributed by atoms with Crippen molar-refractivity contribution < 1.29 is 9.59 Å². The van der Waals surface area contributed by atoms with Crippen LogP contribution < -0.4 is 10.6 Å². The largest absolute Gasteiger partial charge is 0.356 e. The van der Waals surface area contributed by atoms with E-state index in [4.69, 9.17) is 0 Å². The lowest BCUT2D eigenvalue weighted by Gasteiger charge is -2.05. The lowest BCUT2D eigenvalue weighted by molar-refractivity contribution is -0.124. The molecule has 22 heavy (non-hydrogen) atoms. The average Bonchev–Trinajstić information content (AvgIpc) is 2.91. The number of aromatic nitrogens is 2. The first kappa shape index (κ1) is 16.1. The van der Waals surface area contributed by atoms with Gasteiger partial charge in [-0.05, 0) is 18.9 Å². The number of carbonyl (C=O) groups is 2. The number of rotatable bonds is 7. The molecular formula is C15H18N4O2S. The highest BCUT2D eigenvalue weighted by Crippen LogP contribution is 2.13.